The first-order valence-electron chi connectivity index (χ1n) is 12.0. The quantitative estimate of drug-likeness (QED) is 0.580. The predicted octanol–water partition coefficient (Wildman–Crippen LogP) is 4.62. The molecule has 0 spiro atoms. The molecule has 0 radical (unpaired) electrons. The van der Waals surface area contributed by atoms with E-state index >= 15 is 0 Å². The fourth-order valence-electron chi connectivity index (χ4n) is 5.16. The third-order valence-corrected chi connectivity index (χ3v) is 6.76. The van der Waals surface area contributed by atoms with Crippen molar-refractivity contribution in [2.24, 2.45) is 0 Å². The zero-order valence-corrected chi connectivity index (χ0v) is 18.7. The second kappa shape index (κ2) is 12.4. The van der Waals surface area contributed by atoms with Crippen LogP contribution in [-0.2, 0) is 16.1 Å². The van der Waals surface area contributed by atoms with Gasteiger partial charge in [0.25, 0.3) is 0 Å². The molecule has 2 aliphatic carbocycles. The minimum Gasteiger partial charge on any atom is -0.480 e. The maximum Gasteiger partial charge on any atom is 0.408 e. The van der Waals surface area contributed by atoms with Gasteiger partial charge in [-0.15, -0.1) is 0 Å². The molecule has 32 heavy (non-hydrogen) atoms. The van der Waals surface area contributed by atoms with E-state index in [4.69, 9.17) is 4.74 Å². The lowest BCUT2D eigenvalue weighted by Crippen LogP contribution is -2.53. The minimum atomic E-state index is -1.17. The molecule has 1 amide bonds. The van der Waals surface area contributed by atoms with Crippen molar-refractivity contribution >= 4 is 12.1 Å². The van der Waals surface area contributed by atoms with E-state index in [1.54, 1.807) is 0 Å². The van der Waals surface area contributed by atoms with E-state index in [2.05, 4.69) is 16.3 Å². The van der Waals surface area contributed by atoms with Gasteiger partial charge < -0.3 is 15.2 Å². The van der Waals surface area contributed by atoms with E-state index in [1.807, 2.05) is 30.3 Å². The largest absolute Gasteiger partial charge is 0.480 e. The molecule has 2 saturated carbocycles. The van der Waals surface area contributed by atoms with Crippen molar-refractivity contribution in [1.29, 1.82) is 5.26 Å². The SMILES string of the molecule is N#CC(C[C@H](NC(=O)OCc1ccccc1)C(=O)O)N(C1CCCCC1)C1CCCCC1. The molecule has 0 heterocycles. The molecule has 174 valence electrons. The van der Waals surface area contributed by atoms with Gasteiger partial charge in [0.15, 0.2) is 0 Å². The highest BCUT2D eigenvalue weighted by molar-refractivity contribution is 5.80. The van der Waals surface area contributed by atoms with Gasteiger partial charge >= 0.3 is 12.1 Å². The zero-order chi connectivity index (χ0) is 22.8. The number of alkyl carbamates (subject to hydrolysis) is 1. The van der Waals surface area contributed by atoms with E-state index in [0.29, 0.717) is 12.1 Å². The van der Waals surface area contributed by atoms with Crippen molar-refractivity contribution in [2.45, 2.75) is 101 Å². The van der Waals surface area contributed by atoms with Crippen LogP contribution in [0.4, 0.5) is 4.79 Å². The van der Waals surface area contributed by atoms with E-state index in [9.17, 15) is 20.0 Å². The van der Waals surface area contributed by atoms with Crippen molar-refractivity contribution < 1.29 is 19.4 Å². The molecule has 0 aliphatic heterocycles. The highest BCUT2D eigenvalue weighted by Crippen LogP contribution is 2.32. The van der Waals surface area contributed by atoms with Crippen LogP contribution in [0.25, 0.3) is 0 Å². The number of nitriles is 1. The fourth-order valence-corrected chi connectivity index (χ4v) is 5.16. The van der Waals surface area contributed by atoms with E-state index in [0.717, 1.165) is 56.9 Å². The number of carbonyl (C=O) groups excluding carboxylic acids is 1. The summed E-state index contributed by atoms with van der Waals surface area (Å²) in [6.07, 6.45) is 10.5. The summed E-state index contributed by atoms with van der Waals surface area (Å²) in [6, 6.07) is 10.5. The van der Waals surface area contributed by atoms with Crippen LogP contribution in [0.5, 0.6) is 0 Å². The lowest BCUT2D eigenvalue weighted by molar-refractivity contribution is -0.140. The highest BCUT2D eigenvalue weighted by Gasteiger charge is 2.37. The number of carboxylic acid groups (broad SMARTS) is 1. The number of amides is 1. The third kappa shape index (κ3) is 6.96. The first kappa shape index (κ1) is 24.1. The first-order chi connectivity index (χ1) is 15.6. The maximum atomic E-state index is 12.3. The van der Waals surface area contributed by atoms with Crippen LogP contribution in [0.1, 0.15) is 76.2 Å². The summed E-state index contributed by atoms with van der Waals surface area (Å²) in [5.41, 5.74) is 0.824. The van der Waals surface area contributed by atoms with Gasteiger partial charge in [0, 0.05) is 18.5 Å². The number of carboxylic acids is 1. The van der Waals surface area contributed by atoms with Gasteiger partial charge in [0.05, 0.1) is 6.07 Å². The van der Waals surface area contributed by atoms with E-state index < -0.39 is 24.1 Å². The van der Waals surface area contributed by atoms with Gasteiger partial charge in [0.1, 0.15) is 18.7 Å². The van der Waals surface area contributed by atoms with Gasteiger partial charge in [-0.05, 0) is 31.2 Å². The monoisotopic (exact) mass is 441 g/mol. The van der Waals surface area contributed by atoms with Gasteiger partial charge in [0.2, 0.25) is 0 Å². The second-order valence-electron chi connectivity index (χ2n) is 9.01. The van der Waals surface area contributed by atoms with Crippen LogP contribution in [0.3, 0.4) is 0 Å². The highest BCUT2D eigenvalue weighted by atomic mass is 16.5. The summed E-state index contributed by atoms with van der Waals surface area (Å²) < 4.78 is 5.21. The standard InChI is InChI=1S/C25H35N3O4/c26-17-22(28(20-12-6-2-7-13-20)21-14-8-3-9-15-21)16-23(24(29)30)27-25(31)32-18-19-10-4-1-5-11-19/h1,4-5,10-11,20-23H,2-3,6-9,12-16,18H2,(H,27,31)(H,29,30)/t22?,23-/m0/s1. The molecule has 2 fully saturated rings. The molecule has 2 N–H and O–H groups in total. The van der Waals surface area contributed by atoms with Gasteiger partial charge in [-0.25, -0.2) is 9.59 Å². The molecule has 0 aromatic heterocycles. The van der Waals surface area contributed by atoms with Crippen LogP contribution < -0.4 is 5.32 Å². The van der Waals surface area contributed by atoms with Crippen LogP contribution >= 0.6 is 0 Å². The topological polar surface area (TPSA) is 103 Å². The van der Waals surface area contributed by atoms with Crippen molar-refractivity contribution in [1.82, 2.24) is 10.2 Å². The molecule has 2 aliphatic rings. The average molecular weight is 442 g/mol. The summed E-state index contributed by atoms with van der Waals surface area (Å²) in [5, 5.41) is 22.3. The normalized spacial score (nSPS) is 19.6. The maximum absolute atomic E-state index is 12.3. The number of ether oxygens (including phenoxy) is 1. The molecular weight excluding hydrogens is 406 g/mol. The predicted molar refractivity (Wildman–Crippen MR) is 121 cm³/mol. The van der Waals surface area contributed by atoms with Crippen molar-refractivity contribution in [3.8, 4) is 6.07 Å². The Labute approximate surface area is 190 Å². The van der Waals surface area contributed by atoms with E-state index in [-0.39, 0.29) is 13.0 Å². The van der Waals surface area contributed by atoms with Crippen molar-refractivity contribution in [3.63, 3.8) is 0 Å². The number of nitrogens with zero attached hydrogens (tertiary/aromatic N) is 2. The number of carbonyl (C=O) groups is 2. The smallest absolute Gasteiger partial charge is 0.408 e. The number of rotatable bonds is 9. The van der Waals surface area contributed by atoms with Gasteiger partial charge in [-0.2, -0.15) is 5.26 Å². The van der Waals surface area contributed by atoms with E-state index in [1.165, 1.54) is 12.8 Å². The Morgan fingerprint density at radius 3 is 2.09 bits per heavy atom. The summed E-state index contributed by atoms with van der Waals surface area (Å²) in [6.45, 7) is 0.0664. The summed E-state index contributed by atoms with van der Waals surface area (Å²) in [7, 11) is 0. The second-order valence-corrected chi connectivity index (χ2v) is 9.01. The molecule has 7 heteroatoms. The number of benzene rings is 1. The first-order valence-corrected chi connectivity index (χ1v) is 12.0. The Kier molecular flexibility index (Phi) is 9.36. The van der Waals surface area contributed by atoms with Crippen LogP contribution in [0.2, 0.25) is 0 Å². The fraction of sp³-hybridized carbons (Fsp3) is 0.640. The Morgan fingerprint density at radius 2 is 1.59 bits per heavy atom. The van der Waals surface area contributed by atoms with Crippen molar-refractivity contribution in [2.75, 3.05) is 0 Å². The van der Waals surface area contributed by atoms with Gasteiger partial charge in [-0.1, -0.05) is 68.9 Å². The summed E-state index contributed by atoms with van der Waals surface area (Å²) in [4.78, 5) is 26.5. The molecule has 2 atom stereocenters. The number of hydrogen-bond acceptors (Lipinski definition) is 5. The van der Waals surface area contributed by atoms with Crippen LogP contribution in [0.15, 0.2) is 30.3 Å². The molecule has 0 bridgehead atoms. The average Bonchev–Trinajstić information content (AvgIpc) is 2.83. The number of hydrogen-bond donors (Lipinski definition) is 2. The van der Waals surface area contributed by atoms with Crippen LogP contribution in [-0.4, -0.2) is 46.2 Å². The zero-order valence-electron chi connectivity index (χ0n) is 18.7. The lowest BCUT2D eigenvalue weighted by atomic mass is 9.86. The molecular formula is C25H35N3O4. The summed E-state index contributed by atoms with van der Waals surface area (Å²) >= 11 is 0. The lowest BCUT2D eigenvalue weighted by Gasteiger charge is -2.44. The van der Waals surface area contributed by atoms with Crippen molar-refractivity contribution in [3.05, 3.63) is 35.9 Å². The Hall–Kier alpha value is -2.59. The molecule has 7 nitrogen and oxygen atoms in total. The molecule has 1 aromatic rings. The third-order valence-electron chi connectivity index (χ3n) is 6.76. The molecule has 0 saturated heterocycles. The minimum absolute atomic E-state index is 0.0548. The Morgan fingerprint density at radius 1 is 1.03 bits per heavy atom. The number of aliphatic carboxylic acids is 1. The van der Waals surface area contributed by atoms with Crippen LogP contribution in [0, 0.1) is 11.3 Å². The molecule has 3 rings (SSSR count). The Balaban J connectivity index is 1.65. The number of nitrogens with one attached hydrogen (secondary N) is 1. The Bertz CT molecular complexity index is 749. The molecule has 1 aromatic carbocycles. The van der Waals surface area contributed by atoms with Gasteiger partial charge in [-0.3, -0.25) is 4.90 Å². The molecule has 1 unspecified atom stereocenters. The summed E-state index contributed by atoms with van der Waals surface area (Å²) in [5.74, 6) is -1.14.